The molecule has 158 valence electrons. The maximum atomic E-state index is 13.0. The Balaban J connectivity index is 1.95. The van der Waals surface area contributed by atoms with Crippen molar-refractivity contribution in [3.05, 3.63) is 28.3 Å². The van der Waals surface area contributed by atoms with E-state index in [0.717, 1.165) is 32.1 Å². The maximum Gasteiger partial charge on any atom is 0.331 e. The zero-order chi connectivity index (χ0) is 21.7. The molecule has 3 rings (SSSR count). The van der Waals surface area contributed by atoms with E-state index in [1.165, 1.54) is 11.0 Å². The zero-order valence-corrected chi connectivity index (χ0v) is 17.5. The van der Waals surface area contributed by atoms with E-state index >= 15 is 0 Å². The number of rotatable bonds is 6. The third-order valence-corrected chi connectivity index (χ3v) is 5.30. The van der Waals surface area contributed by atoms with Gasteiger partial charge >= 0.3 is 6.03 Å². The van der Waals surface area contributed by atoms with Gasteiger partial charge in [-0.05, 0) is 43.5 Å². The molecule has 0 bridgehead atoms. The average Bonchev–Trinajstić information content (AvgIpc) is 2.71. The quantitative estimate of drug-likeness (QED) is 0.424. The SMILES string of the molecule is C#CCOc1c(Cl)cc(C=C2C(=O)NC(=O)N(C3CCCCC3)C2=O)cc1OCC. The second kappa shape index (κ2) is 9.68. The molecule has 30 heavy (non-hydrogen) atoms. The number of carbonyl (C=O) groups is 3. The number of hydrogen-bond donors (Lipinski definition) is 1. The van der Waals surface area contributed by atoms with Crippen LogP contribution in [0.25, 0.3) is 6.08 Å². The lowest BCUT2D eigenvalue weighted by atomic mass is 9.93. The molecule has 1 saturated heterocycles. The first kappa shape index (κ1) is 21.7. The van der Waals surface area contributed by atoms with Gasteiger partial charge in [-0.3, -0.25) is 19.8 Å². The fourth-order valence-corrected chi connectivity index (χ4v) is 3.97. The van der Waals surface area contributed by atoms with Gasteiger partial charge in [0.05, 0.1) is 11.6 Å². The number of carbonyl (C=O) groups excluding carboxylic acids is 3. The van der Waals surface area contributed by atoms with Gasteiger partial charge in [-0.25, -0.2) is 4.79 Å². The summed E-state index contributed by atoms with van der Waals surface area (Å²) in [6.07, 6.45) is 11.1. The lowest BCUT2D eigenvalue weighted by Crippen LogP contribution is -2.58. The molecule has 1 aromatic rings. The van der Waals surface area contributed by atoms with Gasteiger partial charge in [-0.2, -0.15) is 0 Å². The Kier molecular flexibility index (Phi) is 7.01. The number of benzene rings is 1. The third kappa shape index (κ3) is 4.60. The van der Waals surface area contributed by atoms with Crippen LogP contribution in [0.1, 0.15) is 44.6 Å². The summed E-state index contributed by atoms with van der Waals surface area (Å²) in [5, 5.41) is 2.50. The second-order valence-electron chi connectivity index (χ2n) is 7.04. The van der Waals surface area contributed by atoms with E-state index in [-0.39, 0.29) is 29.0 Å². The minimum atomic E-state index is -0.737. The first-order valence-corrected chi connectivity index (χ1v) is 10.3. The molecule has 1 aliphatic heterocycles. The van der Waals surface area contributed by atoms with Gasteiger partial charge in [-0.1, -0.05) is 36.8 Å². The summed E-state index contributed by atoms with van der Waals surface area (Å²) < 4.78 is 11.0. The number of urea groups is 1. The van der Waals surface area contributed by atoms with Gasteiger partial charge in [0.1, 0.15) is 12.2 Å². The lowest BCUT2D eigenvalue weighted by molar-refractivity contribution is -0.132. The molecule has 7 nitrogen and oxygen atoms in total. The molecular weight excluding hydrogens is 408 g/mol. The highest BCUT2D eigenvalue weighted by molar-refractivity contribution is 6.33. The van der Waals surface area contributed by atoms with Crippen molar-refractivity contribution in [1.29, 1.82) is 0 Å². The smallest absolute Gasteiger partial charge is 0.331 e. The molecule has 2 aliphatic rings. The number of amides is 4. The first-order chi connectivity index (χ1) is 14.5. The van der Waals surface area contributed by atoms with Crippen molar-refractivity contribution in [3.8, 4) is 23.8 Å². The molecule has 1 N–H and O–H groups in total. The summed E-state index contributed by atoms with van der Waals surface area (Å²) in [7, 11) is 0. The van der Waals surface area contributed by atoms with Crippen molar-refractivity contribution in [2.24, 2.45) is 0 Å². The van der Waals surface area contributed by atoms with Crippen LogP contribution in [0.15, 0.2) is 17.7 Å². The zero-order valence-electron chi connectivity index (χ0n) is 16.7. The molecule has 1 aliphatic carbocycles. The van der Waals surface area contributed by atoms with Crippen LogP contribution in [0.4, 0.5) is 4.79 Å². The van der Waals surface area contributed by atoms with Crippen LogP contribution >= 0.6 is 11.6 Å². The van der Waals surface area contributed by atoms with Crippen LogP contribution in [-0.2, 0) is 9.59 Å². The Labute approximate surface area is 180 Å². The maximum absolute atomic E-state index is 13.0. The minimum Gasteiger partial charge on any atom is -0.490 e. The lowest BCUT2D eigenvalue weighted by Gasteiger charge is -2.35. The van der Waals surface area contributed by atoms with Gasteiger partial charge < -0.3 is 9.47 Å². The van der Waals surface area contributed by atoms with E-state index in [1.54, 1.807) is 19.1 Å². The third-order valence-electron chi connectivity index (χ3n) is 5.02. The molecule has 0 radical (unpaired) electrons. The number of barbiturate groups is 1. The molecule has 0 spiro atoms. The van der Waals surface area contributed by atoms with Gasteiger partial charge in [0.15, 0.2) is 11.5 Å². The van der Waals surface area contributed by atoms with Crippen LogP contribution in [0.3, 0.4) is 0 Å². The Bertz CT molecular complexity index is 928. The Morgan fingerprint density at radius 3 is 2.63 bits per heavy atom. The molecule has 8 heteroatoms. The molecule has 4 amide bonds. The van der Waals surface area contributed by atoms with Crippen molar-refractivity contribution >= 4 is 35.5 Å². The predicted octanol–water partition coefficient (Wildman–Crippen LogP) is 3.55. The average molecular weight is 431 g/mol. The Hall–Kier alpha value is -2.98. The summed E-state index contributed by atoms with van der Waals surface area (Å²) in [5.41, 5.74) is 0.337. The molecule has 0 atom stereocenters. The van der Waals surface area contributed by atoms with Crippen molar-refractivity contribution in [3.63, 3.8) is 0 Å². The van der Waals surface area contributed by atoms with Crippen LogP contribution in [0, 0.1) is 12.3 Å². The number of nitrogens with one attached hydrogen (secondary N) is 1. The number of ether oxygens (including phenoxy) is 2. The summed E-state index contributed by atoms with van der Waals surface area (Å²) in [6.45, 7) is 2.17. The van der Waals surface area contributed by atoms with E-state index in [0.29, 0.717) is 17.9 Å². The van der Waals surface area contributed by atoms with Crippen molar-refractivity contribution in [1.82, 2.24) is 10.2 Å². The van der Waals surface area contributed by atoms with E-state index in [1.807, 2.05) is 0 Å². The normalized spacial score (nSPS) is 18.9. The van der Waals surface area contributed by atoms with Crippen LogP contribution in [0.2, 0.25) is 5.02 Å². The molecule has 1 saturated carbocycles. The summed E-state index contributed by atoms with van der Waals surface area (Å²) in [4.78, 5) is 38.9. The molecule has 0 aromatic heterocycles. The second-order valence-corrected chi connectivity index (χ2v) is 7.45. The van der Waals surface area contributed by atoms with E-state index in [9.17, 15) is 14.4 Å². The highest BCUT2D eigenvalue weighted by Crippen LogP contribution is 2.37. The number of hydrogen-bond acceptors (Lipinski definition) is 5. The molecule has 0 unspecified atom stereocenters. The first-order valence-electron chi connectivity index (χ1n) is 9.89. The van der Waals surface area contributed by atoms with Gasteiger partial charge in [0.25, 0.3) is 11.8 Å². The summed E-state index contributed by atoms with van der Waals surface area (Å²) in [5.74, 6) is 1.66. The van der Waals surface area contributed by atoms with Gasteiger partial charge in [-0.15, -0.1) is 6.42 Å². The van der Waals surface area contributed by atoms with Gasteiger partial charge in [0, 0.05) is 6.04 Å². The van der Waals surface area contributed by atoms with Crippen molar-refractivity contribution in [2.45, 2.75) is 45.1 Å². The predicted molar refractivity (Wildman–Crippen MR) is 112 cm³/mol. The highest BCUT2D eigenvalue weighted by atomic mass is 35.5. The van der Waals surface area contributed by atoms with Crippen LogP contribution < -0.4 is 14.8 Å². The molecule has 2 fully saturated rings. The van der Waals surface area contributed by atoms with Gasteiger partial charge in [0.2, 0.25) is 0 Å². The summed E-state index contributed by atoms with van der Waals surface area (Å²) >= 11 is 6.32. The Morgan fingerprint density at radius 2 is 1.97 bits per heavy atom. The molecule has 1 aromatic carbocycles. The molecular formula is C22H23ClN2O5. The Morgan fingerprint density at radius 1 is 1.23 bits per heavy atom. The fraction of sp³-hybridized carbons (Fsp3) is 0.409. The number of imide groups is 2. The highest BCUT2D eigenvalue weighted by Gasteiger charge is 2.40. The summed E-state index contributed by atoms with van der Waals surface area (Å²) in [6, 6.07) is 2.28. The van der Waals surface area contributed by atoms with Crippen molar-refractivity contribution < 1.29 is 23.9 Å². The number of halogens is 1. The number of nitrogens with zero attached hydrogens (tertiary/aromatic N) is 1. The standard InChI is InChI=1S/C22H23ClN2O5/c1-3-10-30-19-17(23)12-14(13-18(19)29-4-2)11-16-20(26)24-22(28)25(21(16)27)15-8-6-5-7-9-15/h1,11-13,15H,4-10H2,2H3,(H,24,26,28). The number of terminal acetylenes is 1. The topological polar surface area (TPSA) is 84.9 Å². The van der Waals surface area contributed by atoms with E-state index in [2.05, 4.69) is 11.2 Å². The van der Waals surface area contributed by atoms with Crippen molar-refractivity contribution in [2.75, 3.05) is 13.2 Å². The van der Waals surface area contributed by atoms with E-state index in [4.69, 9.17) is 27.5 Å². The van der Waals surface area contributed by atoms with Crippen LogP contribution in [-0.4, -0.2) is 42.0 Å². The largest absolute Gasteiger partial charge is 0.490 e. The van der Waals surface area contributed by atoms with Crippen LogP contribution in [0.5, 0.6) is 11.5 Å². The minimum absolute atomic E-state index is 0.0135. The molecule has 1 heterocycles. The monoisotopic (exact) mass is 430 g/mol. The van der Waals surface area contributed by atoms with E-state index < -0.39 is 17.8 Å². The fourth-order valence-electron chi connectivity index (χ4n) is 3.70.